The van der Waals surface area contributed by atoms with E-state index in [-0.39, 0.29) is 0 Å². The Bertz CT molecular complexity index is 226. The van der Waals surface area contributed by atoms with Gasteiger partial charge >= 0.3 is 0 Å². The molecular weight excluding hydrogens is 252 g/mol. The van der Waals surface area contributed by atoms with Crippen LogP contribution in [0.4, 0.5) is 0 Å². The third kappa shape index (κ3) is 15.1. The lowest BCUT2D eigenvalue weighted by molar-refractivity contribution is -0.472. The lowest BCUT2D eigenvalue weighted by atomic mass is 10.1. The van der Waals surface area contributed by atoms with Gasteiger partial charge in [0.2, 0.25) is 0 Å². The van der Waals surface area contributed by atoms with Crippen LogP contribution in [-0.4, -0.2) is 0 Å². The summed E-state index contributed by atoms with van der Waals surface area (Å²) in [4.78, 5) is 9.18. The van der Waals surface area contributed by atoms with Crippen LogP contribution in [0.3, 0.4) is 0 Å². The fourth-order valence-electron chi connectivity index (χ4n) is 2.12. The molecule has 0 N–H and O–H groups in total. The van der Waals surface area contributed by atoms with Crippen LogP contribution in [0.5, 0.6) is 0 Å². The van der Waals surface area contributed by atoms with Crippen molar-refractivity contribution in [2.45, 2.75) is 84.0 Å². The highest BCUT2D eigenvalue weighted by Crippen LogP contribution is 2.13. The molecule has 0 radical (unpaired) electrons. The Labute approximate surface area is 124 Å². The largest absolute Gasteiger partial charge is 0.308 e. The summed E-state index contributed by atoms with van der Waals surface area (Å²) in [6, 6.07) is 0. The van der Waals surface area contributed by atoms with Gasteiger partial charge < -0.3 is 9.78 Å². The Morgan fingerprint density at radius 1 is 0.850 bits per heavy atom. The van der Waals surface area contributed by atoms with Crippen LogP contribution < -0.4 is 0 Å². The smallest absolute Gasteiger partial charge is 0.139 e. The Balaban J connectivity index is 3.08. The van der Waals surface area contributed by atoms with Crippen molar-refractivity contribution in [2.24, 2.45) is 0 Å². The normalized spacial score (nSPS) is 10.2. The van der Waals surface area contributed by atoms with Crippen LogP contribution in [-0.2, 0) is 14.8 Å². The molecule has 3 nitrogen and oxygen atoms in total. The topological polar surface area (TPSA) is 27.7 Å². The Kier molecular flexibility index (Phi) is 15.3. The van der Waals surface area contributed by atoms with Gasteiger partial charge in [0.15, 0.2) is 0 Å². The van der Waals surface area contributed by atoms with Gasteiger partial charge in [0.1, 0.15) is 12.0 Å². The van der Waals surface area contributed by atoms with Crippen LogP contribution in [0.25, 0.3) is 0 Å². The van der Waals surface area contributed by atoms with Crippen molar-refractivity contribution in [1.29, 1.82) is 0 Å². The second-order valence-electron chi connectivity index (χ2n) is 5.24. The zero-order chi connectivity index (χ0) is 14.9. The van der Waals surface area contributed by atoms with E-state index in [1.165, 1.54) is 64.2 Å². The summed E-state index contributed by atoms with van der Waals surface area (Å²) < 4.78 is 0. The molecule has 0 spiro atoms. The van der Waals surface area contributed by atoms with Crippen LogP contribution in [0.1, 0.15) is 84.0 Å². The lowest BCUT2D eigenvalue weighted by Crippen LogP contribution is -1.92. The first-order valence-corrected chi connectivity index (χ1v) is 8.10. The SMILES string of the molecule is C=COOOC(=C)CCCCCCCCCCCCC. The lowest BCUT2D eigenvalue weighted by Gasteiger charge is -2.05. The molecule has 0 aromatic carbocycles. The van der Waals surface area contributed by atoms with E-state index in [9.17, 15) is 0 Å². The second kappa shape index (κ2) is 16.1. The fourth-order valence-corrected chi connectivity index (χ4v) is 2.12. The van der Waals surface area contributed by atoms with Crippen molar-refractivity contribution in [2.75, 3.05) is 0 Å². The van der Waals surface area contributed by atoms with Gasteiger partial charge in [-0.05, 0) is 6.42 Å². The Morgan fingerprint density at radius 2 is 1.35 bits per heavy atom. The molecule has 0 rings (SSSR count). The van der Waals surface area contributed by atoms with E-state index in [1.807, 2.05) is 0 Å². The summed E-state index contributed by atoms with van der Waals surface area (Å²) in [6.45, 7) is 9.34. The number of allylic oxidation sites excluding steroid dienone is 1. The molecule has 0 atom stereocenters. The van der Waals surface area contributed by atoms with E-state index in [1.54, 1.807) is 0 Å². The van der Waals surface area contributed by atoms with Gasteiger partial charge in [0.05, 0.1) is 0 Å². The van der Waals surface area contributed by atoms with Crippen molar-refractivity contribution < 1.29 is 14.8 Å². The quantitative estimate of drug-likeness (QED) is 0.146. The first-order chi connectivity index (χ1) is 9.81. The molecule has 0 saturated carbocycles. The van der Waals surface area contributed by atoms with Gasteiger partial charge in [-0.1, -0.05) is 84.3 Å². The summed E-state index contributed by atoms with van der Waals surface area (Å²) in [5.74, 6) is 0.600. The maximum absolute atomic E-state index is 4.79. The maximum atomic E-state index is 4.79. The molecule has 0 heterocycles. The van der Waals surface area contributed by atoms with E-state index >= 15 is 0 Å². The second-order valence-corrected chi connectivity index (χ2v) is 5.24. The number of hydrogen-bond donors (Lipinski definition) is 0. The maximum Gasteiger partial charge on any atom is 0.139 e. The Hall–Kier alpha value is -0.960. The number of rotatable bonds is 16. The molecule has 0 aliphatic carbocycles. The first-order valence-electron chi connectivity index (χ1n) is 8.10. The van der Waals surface area contributed by atoms with E-state index in [2.05, 4.69) is 30.0 Å². The van der Waals surface area contributed by atoms with Gasteiger partial charge in [-0.3, -0.25) is 0 Å². The highest BCUT2D eigenvalue weighted by molar-refractivity contribution is 4.79. The molecule has 118 valence electrons. The minimum Gasteiger partial charge on any atom is -0.308 e. The van der Waals surface area contributed by atoms with Crippen LogP contribution in [0.15, 0.2) is 25.2 Å². The van der Waals surface area contributed by atoms with Gasteiger partial charge in [-0.25, -0.2) is 0 Å². The van der Waals surface area contributed by atoms with Crippen molar-refractivity contribution in [1.82, 2.24) is 0 Å². The summed E-state index contributed by atoms with van der Waals surface area (Å²) in [5.41, 5.74) is 0. The summed E-state index contributed by atoms with van der Waals surface area (Å²) >= 11 is 0. The predicted octanol–water partition coefficient (Wildman–Crippen LogP) is 6.22. The zero-order valence-corrected chi connectivity index (χ0v) is 13.2. The molecule has 0 aromatic heterocycles. The molecule has 0 fully saturated rings. The van der Waals surface area contributed by atoms with E-state index in [0.717, 1.165) is 19.1 Å². The van der Waals surface area contributed by atoms with Crippen molar-refractivity contribution in [3.05, 3.63) is 25.2 Å². The third-order valence-corrected chi connectivity index (χ3v) is 3.32. The molecular formula is C17H32O3. The molecule has 0 aromatic rings. The van der Waals surface area contributed by atoms with Crippen molar-refractivity contribution in [3.63, 3.8) is 0 Å². The summed E-state index contributed by atoms with van der Waals surface area (Å²) in [7, 11) is 0. The van der Waals surface area contributed by atoms with Crippen LogP contribution in [0.2, 0.25) is 0 Å². The van der Waals surface area contributed by atoms with Gasteiger partial charge in [0.25, 0.3) is 0 Å². The summed E-state index contributed by atoms with van der Waals surface area (Å²) in [5, 5.41) is 4.38. The highest BCUT2D eigenvalue weighted by atomic mass is 17.5. The standard InChI is InChI=1S/C17H32O3/c1-4-6-7-8-9-10-11-12-13-14-15-16-17(3)19-20-18-5-2/h5H,2-4,6-16H2,1H3. The Morgan fingerprint density at radius 3 is 1.85 bits per heavy atom. The molecule has 0 unspecified atom stereocenters. The predicted molar refractivity (Wildman–Crippen MR) is 83.7 cm³/mol. The van der Waals surface area contributed by atoms with E-state index in [0.29, 0.717) is 5.76 Å². The first kappa shape index (κ1) is 19.0. The monoisotopic (exact) mass is 284 g/mol. The third-order valence-electron chi connectivity index (χ3n) is 3.32. The van der Waals surface area contributed by atoms with Gasteiger partial charge in [-0.15, -0.1) is 0 Å². The molecule has 3 heteroatoms. The average Bonchev–Trinajstić information content (AvgIpc) is 2.45. The zero-order valence-electron chi connectivity index (χ0n) is 13.2. The van der Waals surface area contributed by atoms with Gasteiger partial charge in [0, 0.05) is 11.5 Å². The highest BCUT2D eigenvalue weighted by Gasteiger charge is 1.98. The minimum absolute atomic E-state index is 0.600. The van der Waals surface area contributed by atoms with Crippen LogP contribution >= 0.6 is 0 Å². The minimum atomic E-state index is 0.600. The van der Waals surface area contributed by atoms with Crippen LogP contribution in [0, 0.1) is 0 Å². The van der Waals surface area contributed by atoms with E-state index < -0.39 is 0 Å². The molecule has 20 heavy (non-hydrogen) atoms. The van der Waals surface area contributed by atoms with E-state index in [4.69, 9.17) is 4.89 Å². The molecule has 0 aliphatic heterocycles. The van der Waals surface area contributed by atoms with Crippen molar-refractivity contribution in [3.8, 4) is 0 Å². The summed E-state index contributed by atoms with van der Waals surface area (Å²) in [6.07, 6.45) is 16.7. The number of hydrogen-bond acceptors (Lipinski definition) is 3. The van der Waals surface area contributed by atoms with Crippen molar-refractivity contribution >= 4 is 0 Å². The number of unbranched alkanes of at least 4 members (excludes halogenated alkanes) is 10. The molecule has 0 bridgehead atoms. The fraction of sp³-hybridized carbons (Fsp3) is 0.765. The van der Waals surface area contributed by atoms with Gasteiger partial charge in [-0.2, -0.15) is 0 Å². The molecule has 0 aliphatic rings. The molecule has 0 amide bonds. The average molecular weight is 284 g/mol. The molecule has 0 saturated heterocycles.